The van der Waals surface area contributed by atoms with Gasteiger partial charge in [-0.15, -0.1) is 0 Å². The first-order chi connectivity index (χ1) is 14.4. The van der Waals surface area contributed by atoms with Crippen LogP contribution in [0.5, 0.6) is 0 Å². The monoisotopic (exact) mass is 463 g/mol. The van der Waals surface area contributed by atoms with Gasteiger partial charge in [0.2, 0.25) is 11.8 Å². The van der Waals surface area contributed by atoms with Gasteiger partial charge >= 0.3 is 0 Å². The van der Waals surface area contributed by atoms with E-state index >= 15 is 0 Å². The molecule has 154 valence electrons. The zero-order valence-electron chi connectivity index (χ0n) is 16.0. The predicted molar refractivity (Wildman–Crippen MR) is 118 cm³/mol. The Bertz CT molecular complexity index is 1230. The van der Waals surface area contributed by atoms with Crippen LogP contribution in [-0.2, 0) is 11.2 Å². The van der Waals surface area contributed by atoms with Crippen molar-refractivity contribution in [3.63, 3.8) is 0 Å². The topological polar surface area (TPSA) is 68.0 Å². The molecule has 0 saturated heterocycles. The number of amides is 1. The number of aryl methyl sites for hydroxylation is 1. The molecule has 1 amide bonds. The summed E-state index contributed by atoms with van der Waals surface area (Å²) < 4.78 is 24.1. The average molecular weight is 464 g/mol. The Labute approximate surface area is 186 Å². The summed E-state index contributed by atoms with van der Waals surface area (Å²) in [6.45, 7) is 3.73. The van der Waals surface area contributed by atoms with Crippen LogP contribution in [0, 0.1) is 5.82 Å². The van der Waals surface area contributed by atoms with E-state index in [0.29, 0.717) is 27.5 Å². The second-order valence-corrected chi connectivity index (χ2v) is 8.24. The molecule has 1 atom stereocenters. The normalized spacial score (nSPS) is 12.3. The van der Waals surface area contributed by atoms with Gasteiger partial charge < -0.3 is 9.73 Å². The molecule has 30 heavy (non-hydrogen) atoms. The molecule has 1 N–H and O–H groups in total. The van der Waals surface area contributed by atoms with Gasteiger partial charge in [0.15, 0.2) is 5.58 Å². The van der Waals surface area contributed by atoms with Crippen molar-refractivity contribution in [2.75, 3.05) is 5.32 Å². The number of halogens is 3. The molecule has 0 radical (unpaired) electrons. The van der Waals surface area contributed by atoms with E-state index in [2.05, 4.69) is 14.7 Å². The van der Waals surface area contributed by atoms with E-state index in [1.165, 1.54) is 12.1 Å². The van der Waals surface area contributed by atoms with E-state index in [1.807, 2.05) is 6.92 Å². The highest BCUT2D eigenvalue weighted by atomic mass is 35.5. The highest BCUT2D eigenvalue weighted by Gasteiger charge is 2.21. The smallest absolute Gasteiger partial charge is 0.232 e. The Hall–Kier alpha value is -2.48. The van der Waals surface area contributed by atoms with Crippen LogP contribution in [0.4, 0.5) is 9.39 Å². The van der Waals surface area contributed by atoms with Crippen molar-refractivity contribution in [1.82, 2.24) is 9.36 Å². The maximum atomic E-state index is 14.2. The molecule has 0 aliphatic rings. The number of fused-ring (bicyclic) bond motifs is 1. The Morgan fingerprint density at radius 3 is 2.80 bits per heavy atom. The quantitative estimate of drug-likeness (QED) is 0.357. The molecule has 0 saturated carbocycles. The standard InChI is InChI=1S/C21H16Cl2FN3O2S/c1-3-14-18(23)21(30-27-14)26-19(28)10(2)11-7-8-16-15(9-11)25-20(29-16)17-12(22)5-4-6-13(17)24/h4-10H,3H2,1-2H3,(H,26,28). The lowest BCUT2D eigenvalue weighted by atomic mass is 10.00. The number of anilines is 1. The van der Waals surface area contributed by atoms with E-state index in [-0.39, 0.29) is 22.4 Å². The zero-order valence-corrected chi connectivity index (χ0v) is 18.3. The lowest BCUT2D eigenvalue weighted by Gasteiger charge is -2.11. The van der Waals surface area contributed by atoms with Crippen LogP contribution in [0.3, 0.4) is 0 Å². The number of aromatic nitrogens is 2. The third-order valence-corrected chi connectivity index (χ3v) is 6.39. The lowest BCUT2D eigenvalue weighted by Crippen LogP contribution is -2.18. The molecule has 0 aliphatic heterocycles. The molecule has 4 aromatic rings. The van der Waals surface area contributed by atoms with Gasteiger partial charge in [-0.2, -0.15) is 4.37 Å². The summed E-state index contributed by atoms with van der Waals surface area (Å²) in [6, 6.07) is 9.60. The maximum Gasteiger partial charge on any atom is 0.232 e. The third kappa shape index (κ3) is 3.80. The molecule has 4 rings (SSSR count). The fourth-order valence-electron chi connectivity index (χ4n) is 3.00. The molecule has 2 aromatic heterocycles. The number of rotatable bonds is 5. The molecule has 0 spiro atoms. The van der Waals surface area contributed by atoms with Gasteiger partial charge in [0.05, 0.1) is 27.2 Å². The van der Waals surface area contributed by atoms with Crippen molar-refractivity contribution in [2.45, 2.75) is 26.2 Å². The molecule has 0 fully saturated rings. The molecule has 2 aromatic carbocycles. The van der Waals surface area contributed by atoms with Gasteiger partial charge in [-0.1, -0.05) is 42.3 Å². The van der Waals surface area contributed by atoms with Crippen LogP contribution < -0.4 is 5.32 Å². The van der Waals surface area contributed by atoms with Gasteiger partial charge in [-0.25, -0.2) is 9.37 Å². The van der Waals surface area contributed by atoms with E-state index in [4.69, 9.17) is 27.6 Å². The summed E-state index contributed by atoms with van der Waals surface area (Å²) in [5.74, 6) is -1.13. The number of nitrogens with one attached hydrogen (secondary N) is 1. The minimum absolute atomic E-state index is 0.0888. The van der Waals surface area contributed by atoms with Gasteiger partial charge in [-0.05, 0) is 54.7 Å². The van der Waals surface area contributed by atoms with E-state index in [0.717, 1.165) is 22.8 Å². The van der Waals surface area contributed by atoms with Crippen molar-refractivity contribution in [3.05, 3.63) is 63.5 Å². The van der Waals surface area contributed by atoms with Crippen molar-refractivity contribution >= 4 is 56.7 Å². The molecular formula is C21H16Cl2FN3O2S. The number of oxazole rings is 1. The highest BCUT2D eigenvalue weighted by Crippen LogP contribution is 2.34. The number of carbonyl (C=O) groups excluding carboxylic acids is 1. The minimum Gasteiger partial charge on any atom is -0.436 e. The van der Waals surface area contributed by atoms with Crippen molar-refractivity contribution in [2.24, 2.45) is 0 Å². The van der Waals surface area contributed by atoms with E-state index in [9.17, 15) is 9.18 Å². The van der Waals surface area contributed by atoms with Crippen LogP contribution >= 0.6 is 34.7 Å². The first-order valence-corrected chi connectivity index (χ1v) is 10.7. The Morgan fingerprint density at radius 1 is 1.30 bits per heavy atom. The van der Waals surface area contributed by atoms with Gasteiger partial charge in [0, 0.05) is 0 Å². The second-order valence-electron chi connectivity index (χ2n) is 6.68. The van der Waals surface area contributed by atoms with Crippen LogP contribution in [0.25, 0.3) is 22.6 Å². The Kier molecular flexibility index (Phi) is 5.77. The van der Waals surface area contributed by atoms with Crippen LogP contribution in [0.2, 0.25) is 10.0 Å². The second kappa shape index (κ2) is 8.34. The number of carbonyl (C=O) groups is 1. The number of hydrogen-bond acceptors (Lipinski definition) is 5. The molecular weight excluding hydrogens is 448 g/mol. The maximum absolute atomic E-state index is 14.2. The largest absolute Gasteiger partial charge is 0.436 e. The molecule has 2 heterocycles. The van der Waals surface area contributed by atoms with Crippen molar-refractivity contribution < 1.29 is 13.6 Å². The predicted octanol–water partition coefficient (Wildman–Crippen LogP) is 6.70. The third-order valence-electron chi connectivity index (χ3n) is 4.75. The minimum atomic E-state index is -0.519. The van der Waals surface area contributed by atoms with Gasteiger partial charge in [0.25, 0.3) is 0 Å². The molecule has 9 heteroatoms. The zero-order chi connectivity index (χ0) is 21.4. The number of nitrogens with zero attached hydrogens (tertiary/aromatic N) is 2. The van der Waals surface area contributed by atoms with Gasteiger partial charge in [-0.3, -0.25) is 4.79 Å². The fourth-order valence-corrected chi connectivity index (χ4v) is 4.39. The summed E-state index contributed by atoms with van der Waals surface area (Å²) in [7, 11) is 0. The molecule has 5 nitrogen and oxygen atoms in total. The summed E-state index contributed by atoms with van der Waals surface area (Å²) >= 11 is 13.5. The summed E-state index contributed by atoms with van der Waals surface area (Å²) in [5, 5.41) is 4.05. The summed E-state index contributed by atoms with van der Waals surface area (Å²) in [5.41, 5.74) is 2.57. The van der Waals surface area contributed by atoms with Crippen LogP contribution in [-0.4, -0.2) is 15.3 Å². The molecule has 0 bridgehead atoms. The first kappa shape index (κ1) is 20.8. The van der Waals surface area contributed by atoms with Gasteiger partial charge in [0.1, 0.15) is 16.3 Å². The van der Waals surface area contributed by atoms with Crippen molar-refractivity contribution in [1.29, 1.82) is 0 Å². The van der Waals surface area contributed by atoms with Crippen molar-refractivity contribution in [3.8, 4) is 11.5 Å². The Balaban J connectivity index is 1.61. The molecule has 0 aliphatic carbocycles. The SMILES string of the molecule is CCc1nsc(NC(=O)C(C)c2ccc3oc(-c4c(F)cccc4Cl)nc3c2)c1Cl. The Morgan fingerprint density at radius 2 is 2.10 bits per heavy atom. The van der Waals surface area contributed by atoms with E-state index in [1.54, 1.807) is 31.2 Å². The average Bonchev–Trinajstić information content (AvgIpc) is 3.30. The fraction of sp³-hybridized carbons (Fsp3) is 0.190. The number of hydrogen-bond donors (Lipinski definition) is 1. The van der Waals surface area contributed by atoms with Crippen LogP contribution in [0.15, 0.2) is 40.8 Å². The molecule has 1 unspecified atom stereocenters. The highest BCUT2D eigenvalue weighted by molar-refractivity contribution is 7.11. The summed E-state index contributed by atoms with van der Waals surface area (Å²) in [6.07, 6.45) is 0.692. The first-order valence-electron chi connectivity index (χ1n) is 9.18. The number of benzene rings is 2. The summed E-state index contributed by atoms with van der Waals surface area (Å²) in [4.78, 5) is 17.1. The van der Waals surface area contributed by atoms with Crippen LogP contribution in [0.1, 0.15) is 31.0 Å². The van der Waals surface area contributed by atoms with E-state index < -0.39 is 11.7 Å². The lowest BCUT2D eigenvalue weighted by molar-refractivity contribution is -0.117.